The average molecular weight is 365 g/mol. The van der Waals surface area contributed by atoms with Crippen LogP contribution in [0.5, 0.6) is 0 Å². The average Bonchev–Trinajstić information content (AvgIpc) is 3.42. The van der Waals surface area contributed by atoms with Gasteiger partial charge in [0.15, 0.2) is 0 Å². The molecule has 3 aromatic carbocycles. The summed E-state index contributed by atoms with van der Waals surface area (Å²) in [7, 11) is 0. The zero-order chi connectivity index (χ0) is 17.8. The highest BCUT2D eigenvalue weighted by molar-refractivity contribution is 7.22. The summed E-state index contributed by atoms with van der Waals surface area (Å²) in [5.74, 6) is 0.917. The molecule has 0 fully saturated rings. The molecule has 0 radical (unpaired) electrons. The molecule has 0 aliphatic heterocycles. The van der Waals surface area contributed by atoms with Crippen LogP contribution in [0.25, 0.3) is 53.7 Å². The fourth-order valence-electron chi connectivity index (χ4n) is 3.65. The van der Waals surface area contributed by atoms with Gasteiger partial charge in [0.1, 0.15) is 11.3 Å². The number of benzene rings is 3. The Hall–Kier alpha value is -3.30. The quantitative estimate of drug-likeness (QED) is 0.339. The number of nitrogens with one attached hydrogen (secondary N) is 1. The van der Waals surface area contributed by atoms with Crippen LogP contribution in [0.4, 0.5) is 0 Å². The van der Waals surface area contributed by atoms with Gasteiger partial charge in [-0.25, -0.2) is 0 Å². The van der Waals surface area contributed by atoms with E-state index in [0.29, 0.717) is 0 Å². The van der Waals surface area contributed by atoms with Crippen molar-refractivity contribution in [3.63, 3.8) is 0 Å². The molecule has 128 valence electrons. The molecule has 27 heavy (non-hydrogen) atoms. The van der Waals surface area contributed by atoms with Gasteiger partial charge in [0.2, 0.25) is 0 Å². The molecule has 0 unspecified atom stereocenters. The van der Waals surface area contributed by atoms with E-state index < -0.39 is 0 Å². The van der Waals surface area contributed by atoms with E-state index in [1.54, 1.807) is 0 Å². The van der Waals surface area contributed by atoms with Crippen LogP contribution < -0.4 is 0 Å². The Bertz CT molecular complexity index is 1400. The number of furan rings is 1. The molecule has 0 spiro atoms. The first-order valence-electron chi connectivity index (χ1n) is 8.94. The summed E-state index contributed by atoms with van der Waals surface area (Å²) in [4.78, 5) is 4.58. The second kappa shape index (κ2) is 5.60. The van der Waals surface area contributed by atoms with Crippen LogP contribution in [0, 0.1) is 0 Å². The van der Waals surface area contributed by atoms with Crippen molar-refractivity contribution < 1.29 is 4.42 Å². The van der Waals surface area contributed by atoms with Crippen molar-refractivity contribution in [1.82, 2.24) is 4.98 Å². The summed E-state index contributed by atoms with van der Waals surface area (Å²) in [5, 5.41) is 3.65. The number of fused-ring (bicyclic) bond motifs is 3. The van der Waals surface area contributed by atoms with E-state index in [1.165, 1.54) is 31.4 Å². The van der Waals surface area contributed by atoms with Crippen molar-refractivity contribution in [2.45, 2.75) is 0 Å². The number of H-pyrrole nitrogens is 1. The molecule has 0 amide bonds. The Labute approximate surface area is 159 Å². The van der Waals surface area contributed by atoms with E-state index >= 15 is 0 Å². The molecule has 0 atom stereocenters. The highest BCUT2D eigenvalue weighted by Crippen LogP contribution is 2.37. The largest absolute Gasteiger partial charge is 0.456 e. The predicted octanol–water partition coefficient (Wildman–Crippen LogP) is 7.46. The second-order valence-electron chi connectivity index (χ2n) is 6.79. The molecule has 3 heteroatoms. The van der Waals surface area contributed by atoms with E-state index in [-0.39, 0.29) is 0 Å². The Balaban J connectivity index is 1.46. The zero-order valence-corrected chi connectivity index (χ0v) is 15.2. The summed E-state index contributed by atoms with van der Waals surface area (Å²) >= 11 is 1.82. The molecule has 0 saturated heterocycles. The summed E-state index contributed by atoms with van der Waals surface area (Å²) < 4.78 is 7.31. The maximum absolute atomic E-state index is 6.03. The van der Waals surface area contributed by atoms with Crippen LogP contribution in [0.15, 0.2) is 89.5 Å². The molecule has 3 heterocycles. The molecule has 3 aromatic heterocycles. The number of aromatic amines is 1. The molecule has 2 nitrogen and oxygen atoms in total. The van der Waals surface area contributed by atoms with Crippen molar-refractivity contribution in [2.75, 3.05) is 0 Å². The zero-order valence-electron chi connectivity index (χ0n) is 14.4. The van der Waals surface area contributed by atoms with Gasteiger partial charge >= 0.3 is 0 Å². The lowest BCUT2D eigenvalue weighted by Gasteiger charge is -1.97. The smallest absolute Gasteiger partial charge is 0.135 e. The summed E-state index contributed by atoms with van der Waals surface area (Å²) in [5.41, 5.74) is 4.47. The number of rotatable bonds is 2. The lowest BCUT2D eigenvalue weighted by atomic mass is 10.1. The minimum atomic E-state index is 0.917. The molecular weight excluding hydrogens is 350 g/mol. The van der Waals surface area contributed by atoms with Crippen LogP contribution in [-0.4, -0.2) is 4.98 Å². The molecule has 0 saturated carbocycles. The first kappa shape index (κ1) is 14.8. The Morgan fingerprint density at radius 3 is 2.56 bits per heavy atom. The van der Waals surface area contributed by atoms with Crippen LogP contribution in [0.3, 0.4) is 0 Å². The molecule has 0 aliphatic rings. The van der Waals surface area contributed by atoms with Gasteiger partial charge < -0.3 is 9.40 Å². The van der Waals surface area contributed by atoms with Crippen LogP contribution in [-0.2, 0) is 0 Å². The SMILES string of the molecule is c1ccc2oc(-c3ccc4cc(-c5ccc6cc[nH]c6c5)sc4c3)cc2c1. The second-order valence-corrected chi connectivity index (χ2v) is 7.88. The van der Waals surface area contributed by atoms with Gasteiger partial charge in [0.05, 0.1) is 0 Å². The van der Waals surface area contributed by atoms with E-state index in [1.807, 2.05) is 35.7 Å². The molecular formula is C24H15NOS. The fraction of sp³-hybridized carbons (Fsp3) is 0. The summed E-state index contributed by atoms with van der Waals surface area (Å²) in [6.45, 7) is 0. The number of thiophene rings is 1. The van der Waals surface area contributed by atoms with Gasteiger partial charge in [0.25, 0.3) is 0 Å². The van der Waals surface area contributed by atoms with Crippen molar-refractivity contribution in [3.05, 3.63) is 85.1 Å². The first-order chi connectivity index (χ1) is 13.3. The van der Waals surface area contributed by atoms with E-state index in [2.05, 4.69) is 65.6 Å². The predicted molar refractivity (Wildman–Crippen MR) is 114 cm³/mol. The van der Waals surface area contributed by atoms with Crippen LogP contribution >= 0.6 is 11.3 Å². The maximum Gasteiger partial charge on any atom is 0.135 e. The van der Waals surface area contributed by atoms with Gasteiger partial charge in [-0.2, -0.15) is 0 Å². The lowest BCUT2D eigenvalue weighted by molar-refractivity contribution is 0.631. The third kappa shape index (κ3) is 2.40. The van der Waals surface area contributed by atoms with E-state index in [9.17, 15) is 0 Å². The monoisotopic (exact) mass is 365 g/mol. The van der Waals surface area contributed by atoms with Crippen LogP contribution in [0.1, 0.15) is 0 Å². The third-order valence-electron chi connectivity index (χ3n) is 5.07. The van der Waals surface area contributed by atoms with Crippen molar-refractivity contribution in [2.24, 2.45) is 0 Å². The Kier molecular flexibility index (Phi) is 3.07. The molecule has 6 rings (SSSR count). The highest BCUT2D eigenvalue weighted by atomic mass is 32.1. The van der Waals surface area contributed by atoms with Gasteiger partial charge in [-0.05, 0) is 52.7 Å². The summed E-state index contributed by atoms with van der Waals surface area (Å²) in [6, 6.07) is 27.8. The van der Waals surface area contributed by atoms with Gasteiger partial charge in [-0.3, -0.25) is 0 Å². The minimum Gasteiger partial charge on any atom is -0.456 e. The minimum absolute atomic E-state index is 0.917. The van der Waals surface area contributed by atoms with Gasteiger partial charge in [0, 0.05) is 32.2 Å². The number of hydrogen-bond donors (Lipinski definition) is 1. The fourth-order valence-corrected chi connectivity index (χ4v) is 4.75. The maximum atomic E-state index is 6.03. The van der Waals surface area contributed by atoms with E-state index in [0.717, 1.165) is 22.3 Å². The van der Waals surface area contributed by atoms with Gasteiger partial charge in [-0.15, -0.1) is 11.3 Å². The summed E-state index contributed by atoms with van der Waals surface area (Å²) in [6.07, 6.45) is 1.99. The van der Waals surface area contributed by atoms with Crippen molar-refractivity contribution in [3.8, 4) is 21.8 Å². The third-order valence-corrected chi connectivity index (χ3v) is 6.22. The van der Waals surface area contributed by atoms with Crippen molar-refractivity contribution >= 4 is 43.3 Å². The number of aromatic nitrogens is 1. The van der Waals surface area contributed by atoms with Crippen molar-refractivity contribution in [1.29, 1.82) is 0 Å². The van der Waals surface area contributed by atoms with Crippen LogP contribution in [0.2, 0.25) is 0 Å². The Morgan fingerprint density at radius 1 is 0.704 bits per heavy atom. The topological polar surface area (TPSA) is 28.9 Å². The molecule has 1 N–H and O–H groups in total. The highest BCUT2D eigenvalue weighted by Gasteiger charge is 2.10. The molecule has 0 bridgehead atoms. The first-order valence-corrected chi connectivity index (χ1v) is 9.75. The molecule has 6 aromatic rings. The number of hydrogen-bond acceptors (Lipinski definition) is 2. The lowest BCUT2D eigenvalue weighted by Crippen LogP contribution is -1.72. The molecule has 0 aliphatic carbocycles. The number of para-hydroxylation sites is 1. The van der Waals surface area contributed by atoms with Gasteiger partial charge in [-0.1, -0.05) is 42.5 Å². The normalized spacial score (nSPS) is 11.7. The standard InChI is InChI=1S/C24H15NOS/c1-2-4-21-16(3-1)12-22(26-21)17-6-8-19-14-24(27-23(19)13-17)18-7-5-15-9-10-25-20(15)11-18/h1-14,25H. The Morgan fingerprint density at radius 2 is 1.59 bits per heavy atom. The van der Waals surface area contributed by atoms with E-state index in [4.69, 9.17) is 4.42 Å².